The normalized spacial score (nSPS) is 20.3. The van der Waals surface area contributed by atoms with Gasteiger partial charge in [-0.2, -0.15) is 0 Å². The minimum absolute atomic E-state index is 0. The second-order valence-corrected chi connectivity index (χ2v) is 7.21. The van der Waals surface area contributed by atoms with Crippen LogP contribution < -0.4 is 20.1 Å². The molecule has 2 unspecified atom stereocenters. The lowest BCUT2D eigenvalue weighted by molar-refractivity contribution is 0.265. The third-order valence-electron chi connectivity index (χ3n) is 5.07. The van der Waals surface area contributed by atoms with E-state index in [9.17, 15) is 0 Å². The number of nitrogens with one attached hydrogen (secondary N) is 2. The van der Waals surface area contributed by atoms with Gasteiger partial charge in [-0.15, -0.1) is 24.0 Å². The number of hydrogen-bond donors (Lipinski definition) is 2. The van der Waals surface area contributed by atoms with Crippen LogP contribution in [0.2, 0.25) is 0 Å². The van der Waals surface area contributed by atoms with Crippen molar-refractivity contribution in [2.45, 2.75) is 39.3 Å². The molecule has 1 aromatic carbocycles. The van der Waals surface area contributed by atoms with E-state index < -0.39 is 0 Å². The Bertz CT molecular complexity index is 610. The molecule has 0 saturated carbocycles. The average Bonchev–Trinajstić information content (AvgIpc) is 3.01. The highest BCUT2D eigenvalue weighted by atomic mass is 127. The van der Waals surface area contributed by atoms with E-state index in [0.717, 1.165) is 43.5 Å². The maximum absolute atomic E-state index is 5.37. The van der Waals surface area contributed by atoms with Gasteiger partial charge in [0.15, 0.2) is 17.5 Å². The lowest BCUT2D eigenvalue weighted by Crippen LogP contribution is -2.47. The summed E-state index contributed by atoms with van der Waals surface area (Å²) in [6.45, 7) is 9.82. The van der Waals surface area contributed by atoms with Gasteiger partial charge in [-0.1, -0.05) is 13.0 Å². The third-order valence-corrected chi connectivity index (χ3v) is 5.07. The molecule has 1 fully saturated rings. The summed E-state index contributed by atoms with van der Waals surface area (Å²) >= 11 is 0. The topological polar surface area (TPSA) is 58.1 Å². The molecule has 1 aromatic rings. The Hall–Kier alpha value is -1.22. The molecule has 1 saturated heterocycles. The first-order chi connectivity index (χ1) is 12.5. The fourth-order valence-corrected chi connectivity index (χ4v) is 3.35. The third kappa shape index (κ3) is 6.71. The summed E-state index contributed by atoms with van der Waals surface area (Å²) in [5.41, 5.74) is 1.20. The van der Waals surface area contributed by atoms with Gasteiger partial charge in [0.25, 0.3) is 0 Å². The van der Waals surface area contributed by atoms with Gasteiger partial charge in [-0.3, -0.25) is 9.89 Å². The highest BCUT2D eigenvalue weighted by Gasteiger charge is 2.31. The number of guanidine groups is 1. The van der Waals surface area contributed by atoms with E-state index in [1.54, 1.807) is 14.2 Å². The van der Waals surface area contributed by atoms with Gasteiger partial charge >= 0.3 is 0 Å². The van der Waals surface area contributed by atoms with Crippen LogP contribution in [0.3, 0.4) is 0 Å². The molecular weight excluding hydrogens is 455 g/mol. The number of ether oxygens (including phenoxy) is 2. The van der Waals surface area contributed by atoms with Crippen molar-refractivity contribution in [2.24, 2.45) is 10.9 Å². The number of halogens is 1. The molecule has 0 aromatic heterocycles. The van der Waals surface area contributed by atoms with Crippen molar-refractivity contribution in [3.05, 3.63) is 23.8 Å². The van der Waals surface area contributed by atoms with E-state index in [-0.39, 0.29) is 24.0 Å². The van der Waals surface area contributed by atoms with Crippen LogP contribution in [0.1, 0.15) is 26.3 Å². The van der Waals surface area contributed by atoms with Crippen molar-refractivity contribution in [1.29, 1.82) is 0 Å². The van der Waals surface area contributed by atoms with Gasteiger partial charge in [0.2, 0.25) is 0 Å². The Morgan fingerprint density at radius 1 is 1.22 bits per heavy atom. The average molecular weight is 490 g/mol. The number of benzene rings is 1. The lowest BCUT2D eigenvalue weighted by Gasteiger charge is -2.22. The van der Waals surface area contributed by atoms with Gasteiger partial charge in [0.1, 0.15) is 0 Å². The summed E-state index contributed by atoms with van der Waals surface area (Å²) in [7, 11) is 5.14. The fraction of sp³-hybridized carbons (Fsp3) is 0.650. The first kappa shape index (κ1) is 23.8. The van der Waals surface area contributed by atoms with Crippen LogP contribution in [-0.4, -0.2) is 63.8 Å². The Morgan fingerprint density at radius 2 is 1.93 bits per heavy atom. The molecule has 0 spiro atoms. The van der Waals surface area contributed by atoms with Gasteiger partial charge < -0.3 is 20.1 Å². The summed E-state index contributed by atoms with van der Waals surface area (Å²) in [6.07, 6.45) is 0.888. The molecule has 154 valence electrons. The van der Waals surface area contributed by atoms with Gasteiger partial charge in [-0.05, 0) is 43.9 Å². The van der Waals surface area contributed by atoms with E-state index in [1.807, 2.05) is 19.2 Å². The van der Waals surface area contributed by atoms with Crippen LogP contribution in [0.25, 0.3) is 0 Å². The standard InChI is InChI=1S/C20H34N4O2.HI/c1-14(2)24-12-15(3)17(13-24)23-20(21-4)22-10-9-16-7-8-18(25-5)19(11-16)26-6;/h7-8,11,14-15,17H,9-10,12-13H2,1-6H3,(H2,21,22,23);1H. The maximum Gasteiger partial charge on any atom is 0.191 e. The molecule has 0 amide bonds. The highest BCUT2D eigenvalue weighted by Crippen LogP contribution is 2.27. The van der Waals surface area contributed by atoms with Crippen LogP contribution in [0.5, 0.6) is 11.5 Å². The molecule has 2 atom stereocenters. The monoisotopic (exact) mass is 490 g/mol. The number of rotatable bonds is 7. The van der Waals surface area contributed by atoms with Gasteiger partial charge in [0, 0.05) is 38.8 Å². The lowest BCUT2D eigenvalue weighted by atomic mass is 10.1. The van der Waals surface area contributed by atoms with Crippen molar-refractivity contribution in [2.75, 3.05) is 40.9 Å². The second kappa shape index (κ2) is 11.6. The summed E-state index contributed by atoms with van der Waals surface area (Å²) in [5, 5.41) is 7.00. The summed E-state index contributed by atoms with van der Waals surface area (Å²) < 4.78 is 10.7. The first-order valence-electron chi connectivity index (χ1n) is 9.40. The Morgan fingerprint density at radius 3 is 2.48 bits per heavy atom. The molecule has 7 heteroatoms. The summed E-state index contributed by atoms with van der Waals surface area (Å²) in [4.78, 5) is 6.89. The minimum Gasteiger partial charge on any atom is -0.493 e. The molecule has 1 aliphatic heterocycles. The minimum atomic E-state index is 0. The van der Waals surface area contributed by atoms with E-state index in [2.05, 4.69) is 47.4 Å². The van der Waals surface area contributed by atoms with E-state index in [4.69, 9.17) is 9.47 Å². The number of nitrogens with zero attached hydrogens (tertiary/aromatic N) is 2. The molecule has 1 aliphatic rings. The highest BCUT2D eigenvalue weighted by molar-refractivity contribution is 14.0. The van der Waals surface area contributed by atoms with Crippen molar-refractivity contribution in [3.63, 3.8) is 0 Å². The number of methoxy groups -OCH3 is 2. The summed E-state index contributed by atoms with van der Waals surface area (Å²) in [5.74, 6) is 3.00. The van der Waals surface area contributed by atoms with Crippen LogP contribution in [0, 0.1) is 5.92 Å². The van der Waals surface area contributed by atoms with Crippen molar-refractivity contribution in [1.82, 2.24) is 15.5 Å². The Kier molecular flexibility index (Phi) is 10.2. The largest absolute Gasteiger partial charge is 0.493 e. The molecule has 2 rings (SSSR count). The number of likely N-dealkylation sites (tertiary alicyclic amines) is 1. The molecular formula is C20H35IN4O2. The zero-order valence-electron chi connectivity index (χ0n) is 17.4. The van der Waals surface area contributed by atoms with Crippen LogP contribution >= 0.6 is 24.0 Å². The number of hydrogen-bond acceptors (Lipinski definition) is 4. The van der Waals surface area contributed by atoms with Crippen LogP contribution in [0.4, 0.5) is 0 Å². The van der Waals surface area contributed by atoms with Crippen LogP contribution in [0.15, 0.2) is 23.2 Å². The zero-order chi connectivity index (χ0) is 19.1. The fourth-order valence-electron chi connectivity index (χ4n) is 3.35. The SMILES string of the molecule is CN=C(NCCc1ccc(OC)c(OC)c1)NC1CN(C(C)C)CC1C.I. The summed E-state index contributed by atoms with van der Waals surface area (Å²) in [6, 6.07) is 7.06. The van der Waals surface area contributed by atoms with Crippen LogP contribution in [-0.2, 0) is 6.42 Å². The molecule has 0 bridgehead atoms. The van der Waals surface area contributed by atoms with Gasteiger partial charge in [-0.25, -0.2) is 0 Å². The van der Waals surface area contributed by atoms with Crippen molar-refractivity contribution >= 4 is 29.9 Å². The zero-order valence-corrected chi connectivity index (χ0v) is 19.7. The molecule has 6 nitrogen and oxygen atoms in total. The molecule has 0 radical (unpaired) electrons. The molecule has 1 heterocycles. The number of aliphatic imine (C=N–C) groups is 1. The first-order valence-corrected chi connectivity index (χ1v) is 9.40. The predicted molar refractivity (Wildman–Crippen MR) is 123 cm³/mol. The molecule has 27 heavy (non-hydrogen) atoms. The van der Waals surface area contributed by atoms with Crippen molar-refractivity contribution < 1.29 is 9.47 Å². The molecule has 2 N–H and O–H groups in total. The quantitative estimate of drug-likeness (QED) is 0.350. The molecule has 0 aliphatic carbocycles. The Balaban J connectivity index is 0.00000364. The Labute approximate surface area is 181 Å². The van der Waals surface area contributed by atoms with Crippen molar-refractivity contribution in [3.8, 4) is 11.5 Å². The van der Waals surface area contributed by atoms with E-state index >= 15 is 0 Å². The predicted octanol–water partition coefficient (Wildman–Crippen LogP) is 2.76. The van der Waals surface area contributed by atoms with Gasteiger partial charge in [0.05, 0.1) is 14.2 Å². The second-order valence-electron chi connectivity index (χ2n) is 7.21. The smallest absolute Gasteiger partial charge is 0.191 e. The maximum atomic E-state index is 5.37. The van der Waals surface area contributed by atoms with E-state index in [0.29, 0.717) is 18.0 Å². The van der Waals surface area contributed by atoms with E-state index in [1.165, 1.54) is 5.56 Å².